The topological polar surface area (TPSA) is 67.0 Å². The van der Waals surface area contributed by atoms with Crippen LogP contribution in [0.15, 0.2) is 54.6 Å². The first-order chi connectivity index (χ1) is 10.8. The van der Waals surface area contributed by atoms with Crippen LogP contribution in [0, 0.1) is 0 Å². The number of aromatic amines is 1. The summed E-state index contributed by atoms with van der Waals surface area (Å²) in [5.41, 5.74) is 3.58. The summed E-state index contributed by atoms with van der Waals surface area (Å²) in [7, 11) is 1.35. The van der Waals surface area contributed by atoms with Crippen LogP contribution in [0.25, 0.3) is 17.1 Å². The summed E-state index contributed by atoms with van der Waals surface area (Å²) < 4.78 is 4.61. The fourth-order valence-corrected chi connectivity index (χ4v) is 2.12. The summed E-state index contributed by atoms with van der Waals surface area (Å²) in [6.07, 6.45) is 3.09. The number of hydrogen-bond donors (Lipinski definition) is 2. The number of methoxy groups -OCH3 is 1. The highest BCUT2D eigenvalue weighted by molar-refractivity contribution is 5.88. The lowest BCUT2D eigenvalue weighted by Gasteiger charge is -2.06. The van der Waals surface area contributed by atoms with Gasteiger partial charge in [0.15, 0.2) is 0 Å². The number of para-hydroxylation sites is 3. The van der Waals surface area contributed by atoms with Crippen LogP contribution >= 0.6 is 0 Å². The van der Waals surface area contributed by atoms with E-state index in [1.54, 1.807) is 6.08 Å². The number of fused-ring (bicyclic) bond motifs is 1. The number of esters is 1. The first-order valence-electron chi connectivity index (χ1n) is 6.83. The van der Waals surface area contributed by atoms with Crippen LogP contribution < -0.4 is 5.32 Å². The number of nitrogens with one attached hydrogen (secondary N) is 2. The number of anilines is 2. The number of imidazole rings is 1. The van der Waals surface area contributed by atoms with Gasteiger partial charge in [0.2, 0.25) is 5.95 Å². The van der Waals surface area contributed by atoms with Gasteiger partial charge in [0.1, 0.15) is 0 Å². The van der Waals surface area contributed by atoms with Gasteiger partial charge in [0.05, 0.1) is 18.1 Å². The molecule has 0 bridgehead atoms. The highest BCUT2D eigenvalue weighted by Gasteiger charge is 2.04. The summed E-state index contributed by atoms with van der Waals surface area (Å²) in [5.74, 6) is 0.263. The van der Waals surface area contributed by atoms with Crippen molar-refractivity contribution >= 4 is 34.7 Å². The Balaban J connectivity index is 1.88. The number of carbonyl (C=O) groups is 1. The van der Waals surface area contributed by atoms with Gasteiger partial charge in [-0.1, -0.05) is 30.3 Å². The van der Waals surface area contributed by atoms with Crippen LogP contribution in [0.1, 0.15) is 5.56 Å². The van der Waals surface area contributed by atoms with E-state index >= 15 is 0 Å². The normalized spacial score (nSPS) is 11.0. The maximum absolute atomic E-state index is 11.2. The van der Waals surface area contributed by atoms with Crippen LogP contribution in [0.4, 0.5) is 11.6 Å². The fourth-order valence-electron chi connectivity index (χ4n) is 2.12. The van der Waals surface area contributed by atoms with Gasteiger partial charge in [0, 0.05) is 11.8 Å². The Labute approximate surface area is 127 Å². The number of aromatic nitrogens is 2. The molecule has 1 aromatic heterocycles. The highest BCUT2D eigenvalue weighted by Crippen LogP contribution is 2.22. The first kappa shape index (κ1) is 13.9. The number of H-pyrrole nitrogens is 1. The number of hydrogen-bond acceptors (Lipinski definition) is 4. The minimum Gasteiger partial charge on any atom is -0.466 e. The summed E-state index contributed by atoms with van der Waals surface area (Å²) in [6, 6.07) is 15.5. The lowest BCUT2D eigenvalue weighted by atomic mass is 10.1. The Morgan fingerprint density at radius 2 is 1.95 bits per heavy atom. The molecule has 5 nitrogen and oxygen atoms in total. The van der Waals surface area contributed by atoms with Crippen molar-refractivity contribution in [1.29, 1.82) is 0 Å². The molecule has 0 radical (unpaired) electrons. The van der Waals surface area contributed by atoms with E-state index in [1.807, 2.05) is 48.5 Å². The van der Waals surface area contributed by atoms with E-state index < -0.39 is 5.97 Å². The van der Waals surface area contributed by atoms with Gasteiger partial charge in [-0.05, 0) is 29.8 Å². The van der Waals surface area contributed by atoms with Gasteiger partial charge >= 0.3 is 5.97 Å². The molecule has 0 aliphatic heterocycles. The van der Waals surface area contributed by atoms with Crippen LogP contribution in [-0.2, 0) is 9.53 Å². The third kappa shape index (κ3) is 2.98. The van der Waals surface area contributed by atoms with Crippen molar-refractivity contribution in [3.8, 4) is 0 Å². The monoisotopic (exact) mass is 293 g/mol. The number of carbonyl (C=O) groups excluding carboxylic acids is 1. The van der Waals surface area contributed by atoms with Gasteiger partial charge in [-0.3, -0.25) is 0 Å². The van der Waals surface area contributed by atoms with Gasteiger partial charge in [-0.15, -0.1) is 0 Å². The quantitative estimate of drug-likeness (QED) is 0.571. The predicted molar refractivity (Wildman–Crippen MR) is 86.9 cm³/mol. The molecule has 2 N–H and O–H groups in total. The van der Waals surface area contributed by atoms with Crippen molar-refractivity contribution in [2.24, 2.45) is 0 Å². The van der Waals surface area contributed by atoms with Crippen LogP contribution in [0.3, 0.4) is 0 Å². The number of nitrogens with zero attached hydrogens (tertiary/aromatic N) is 1. The lowest BCUT2D eigenvalue weighted by molar-refractivity contribution is -0.134. The Hall–Kier alpha value is -3.08. The second-order valence-corrected chi connectivity index (χ2v) is 4.67. The molecule has 22 heavy (non-hydrogen) atoms. The molecule has 5 heteroatoms. The van der Waals surface area contributed by atoms with Crippen molar-refractivity contribution in [1.82, 2.24) is 9.97 Å². The maximum atomic E-state index is 11.2. The Morgan fingerprint density at radius 3 is 2.77 bits per heavy atom. The van der Waals surface area contributed by atoms with Gasteiger partial charge < -0.3 is 15.0 Å². The Bertz CT molecular complexity index is 804. The molecule has 0 amide bonds. The van der Waals surface area contributed by atoms with E-state index in [4.69, 9.17) is 0 Å². The molecule has 3 rings (SSSR count). The number of rotatable bonds is 4. The van der Waals surface area contributed by atoms with Gasteiger partial charge in [-0.2, -0.15) is 0 Å². The van der Waals surface area contributed by atoms with Crippen molar-refractivity contribution < 1.29 is 9.53 Å². The van der Waals surface area contributed by atoms with Crippen LogP contribution in [0.5, 0.6) is 0 Å². The first-order valence-corrected chi connectivity index (χ1v) is 6.83. The largest absolute Gasteiger partial charge is 0.466 e. The molecule has 0 saturated heterocycles. The highest BCUT2D eigenvalue weighted by atomic mass is 16.5. The van der Waals surface area contributed by atoms with Gasteiger partial charge in [-0.25, -0.2) is 9.78 Å². The Kier molecular flexibility index (Phi) is 3.87. The van der Waals surface area contributed by atoms with E-state index in [9.17, 15) is 4.79 Å². The molecular weight excluding hydrogens is 278 g/mol. The summed E-state index contributed by atoms with van der Waals surface area (Å²) >= 11 is 0. The zero-order valence-corrected chi connectivity index (χ0v) is 12.0. The lowest BCUT2D eigenvalue weighted by Crippen LogP contribution is -1.96. The summed E-state index contributed by atoms with van der Waals surface area (Å²) in [6.45, 7) is 0. The molecule has 110 valence electrons. The molecule has 0 aliphatic carbocycles. The molecule has 3 aromatic rings. The minimum atomic E-state index is -0.390. The average Bonchev–Trinajstić information content (AvgIpc) is 2.96. The molecule has 2 aromatic carbocycles. The van der Waals surface area contributed by atoms with E-state index in [-0.39, 0.29) is 0 Å². The van der Waals surface area contributed by atoms with Crippen molar-refractivity contribution in [3.63, 3.8) is 0 Å². The van der Waals surface area contributed by atoms with Crippen molar-refractivity contribution in [2.45, 2.75) is 0 Å². The molecule has 0 fully saturated rings. The van der Waals surface area contributed by atoms with E-state index in [0.29, 0.717) is 5.95 Å². The maximum Gasteiger partial charge on any atom is 0.330 e. The molecule has 0 aliphatic rings. The third-order valence-electron chi connectivity index (χ3n) is 3.20. The second kappa shape index (κ2) is 6.13. The molecule has 1 heterocycles. The van der Waals surface area contributed by atoms with E-state index in [0.717, 1.165) is 22.3 Å². The standard InChI is InChI=1S/C17H15N3O2/c1-22-16(21)11-10-12-6-2-3-7-13(12)18-17-19-14-8-4-5-9-15(14)20-17/h2-11H,1H3,(H2,18,19,20)/b11-10+. The molecule has 0 spiro atoms. The van der Waals surface area contributed by atoms with Crippen LogP contribution in [-0.4, -0.2) is 23.0 Å². The van der Waals surface area contributed by atoms with Crippen molar-refractivity contribution in [3.05, 3.63) is 60.2 Å². The minimum absolute atomic E-state index is 0.390. The van der Waals surface area contributed by atoms with Crippen molar-refractivity contribution in [2.75, 3.05) is 12.4 Å². The predicted octanol–water partition coefficient (Wildman–Crippen LogP) is 3.49. The zero-order valence-electron chi connectivity index (χ0n) is 12.0. The smallest absolute Gasteiger partial charge is 0.330 e. The number of benzene rings is 2. The van der Waals surface area contributed by atoms with E-state index in [2.05, 4.69) is 20.0 Å². The molecule has 0 unspecified atom stereocenters. The average molecular weight is 293 g/mol. The fraction of sp³-hybridized carbons (Fsp3) is 0.0588. The third-order valence-corrected chi connectivity index (χ3v) is 3.20. The van der Waals surface area contributed by atoms with Gasteiger partial charge in [0.25, 0.3) is 0 Å². The number of ether oxygens (including phenoxy) is 1. The molecule has 0 saturated carbocycles. The zero-order chi connectivity index (χ0) is 15.4. The van der Waals surface area contributed by atoms with Crippen LogP contribution in [0.2, 0.25) is 0 Å². The van der Waals surface area contributed by atoms with E-state index in [1.165, 1.54) is 13.2 Å². The summed E-state index contributed by atoms with van der Waals surface area (Å²) in [5, 5.41) is 3.23. The Morgan fingerprint density at radius 1 is 1.18 bits per heavy atom. The SMILES string of the molecule is COC(=O)/C=C/c1ccccc1Nc1nc2ccccc2[nH]1. The summed E-state index contributed by atoms with van der Waals surface area (Å²) in [4.78, 5) is 18.9. The molecular formula is C17H15N3O2. The molecule has 0 atom stereocenters. The second-order valence-electron chi connectivity index (χ2n) is 4.67.